The Kier molecular flexibility index (Phi) is 5.81. The van der Waals surface area contributed by atoms with Crippen LogP contribution in [-0.4, -0.2) is 13.4 Å². The summed E-state index contributed by atoms with van der Waals surface area (Å²) in [5.41, 5.74) is -0.584. The maximum absolute atomic E-state index is 13.6. The predicted molar refractivity (Wildman–Crippen MR) is 100 cm³/mol. The first-order valence-electron chi connectivity index (χ1n) is 8.14. The molecular weight excluding hydrogens is 432 g/mol. The number of benzene rings is 2. The number of alkyl halides is 3. The average Bonchev–Trinajstić information content (AvgIpc) is 2.66. The molecule has 0 radical (unpaired) electrons. The van der Waals surface area contributed by atoms with Gasteiger partial charge in [-0.15, -0.1) is 0 Å². The molecule has 0 spiro atoms. The molecule has 152 valence electrons. The molecule has 0 aliphatic heterocycles. The van der Waals surface area contributed by atoms with Gasteiger partial charge in [0.05, 0.1) is 22.0 Å². The summed E-state index contributed by atoms with van der Waals surface area (Å²) >= 11 is 5.98. The zero-order valence-electron chi connectivity index (χ0n) is 14.6. The molecule has 0 unspecified atom stereocenters. The topological polar surface area (TPSA) is 50.3 Å². The summed E-state index contributed by atoms with van der Waals surface area (Å²) in [4.78, 5) is 3.27. The van der Waals surface area contributed by atoms with Gasteiger partial charge in [0.15, 0.2) is 5.82 Å². The summed E-state index contributed by atoms with van der Waals surface area (Å²) in [6.07, 6.45) is -4.19. The van der Waals surface area contributed by atoms with Gasteiger partial charge in [0.1, 0.15) is 5.82 Å². The molecule has 3 rings (SSSR count). The lowest BCUT2D eigenvalue weighted by Gasteiger charge is -2.25. The normalized spacial score (nSPS) is 12.0. The molecule has 0 bridgehead atoms. The Morgan fingerprint density at radius 1 is 1.00 bits per heavy atom. The summed E-state index contributed by atoms with van der Waals surface area (Å²) in [5.74, 6) is -1.18. The Bertz CT molecular complexity index is 1120. The van der Waals surface area contributed by atoms with Crippen molar-refractivity contribution in [1.29, 1.82) is 0 Å². The lowest BCUT2D eigenvalue weighted by Crippen LogP contribution is -2.32. The third-order valence-electron chi connectivity index (χ3n) is 3.94. The summed E-state index contributed by atoms with van der Waals surface area (Å²) in [5, 5.41) is -0.504. The zero-order valence-corrected chi connectivity index (χ0v) is 16.1. The molecule has 1 heterocycles. The molecule has 0 amide bonds. The Balaban J connectivity index is 2.14. The molecule has 3 aromatic rings. The van der Waals surface area contributed by atoms with Crippen LogP contribution in [0.2, 0.25) is 5.02 Å². The van der Waals surface area contributed by atoms with Crippen LogP contribution < -0.4 is 4.31 Å². The van der Waals surface area contributed by atoms with Gasteiger partial charge < -0.3 is 0 Å². The number of aromatic nitrogens is 1. The smallest absolute Gasteiger partial charge is 0.244 e. The van der Waals surface area contributed by atoms with E-state index in [1.807, 2.05) is 0 Å². The standard InChI is InChI=1S/C19H13ClF4N2O2S/c20-17-9-14(19(22,23)24)11-25-18(17)26(12-13-5-2-1-3-6-13)29(27,28)16-8-4-7-15(21)10-16/h1-11H,12H2. The predicted octanol–water partition coefficient (Wildman–Crippen LogP) is 5.29. The van der Waals surface area contributed by atoms with Gasteiger partial charge in [0.25, 0.3) is 10.0 Å². The molecule has 0 saturated carbocycles. The molecule has 0 aliphatic carbocycles. The maximum Gasteiger partial charge on any atom is 0.417 e. The molecule has 2 aromatic carbocycles. The van der Waals surface area contributed by atoms with E-state index in [0.717, 1.165) is 16.4 Å². The number of sulfonamides is 1. The van der Waals surface area contributed by atoms with Gasteiger partial charge in [-0.25, -0.2) is 22.1 Å². The second-order valence-corrected chi connectivity index (χ2v) is 8.25. The van der Waals surface area contributed by atoms with Crippen LogP contribution in [0.15, 0.2) is 71.8 Å². The van der Waals surface area contributed by atoms with Crippen molar-refractivity contribution >= 4 is 27.4 Å². The van der Waals surface area contributed by atoms with Crippen LogP contribution in [0.3, 0.4) is 0 Å². The van der Waals surface area contributed by atoms with Crippen molar-refractivity contribution in [3.05, 3.63) is 88.8 Å². The van der Waals surface area contributed by atoms with Crippen molar-refractivity contribution in [3.63, 3.8) is 0 Å². The van der Waals surface area contributed by atoms with E-state index in [0.29, 0.717) is 17.8 Å². The van der Waals surface area contributed by atoms with Crippen molar-refractivity contribution in [1.82, 2.24) is 4.98 Å². The third kappa shape index (κ3) is 4.68. The first-order chi connectivity index (χ1) is 13.6. The molecular formula is C19H13ClF4N2O2S. The molecule has 0 saturated heterocycles. The molecule has 0 aliphatic rings. The second-order valence-electron chi connectivity index (χ2n) is 5.98. The van der Waals surface area contributed by atoms with E-state index in [1.165, 1.54) is 12.1 Å². The second kappa shape index (κ2) is 8.00. The van der Waals surface area contributed by atoms with Crippen LogP contribution in [0, 0.1) is 5.82 Å². The van der Waals surface area contributed by atoms with Crippen molar-refractivity contribution < 1.29 is 26.0 Å². The minimum Gasteiger partial charge on any atom is -0.244 e. The third-order valence-corrected chi connectivity index (χ3v) is 5.95. The van der Waals surface area contributed by atoms with Crippen molar-refractivity contribution in [2.45, 2.75) is 17.6 Å². The van der Waals surface area contributed by atoms with Gasteiger partial charge in [-0.1, -0.05) is 48.0 Å². The van der Waals surface area contributed by atoms with Gasteiger partial charge in [-0.05, 0) is 29.8 Å². The Hall–Kier alpha value is -2.65. The van der Waals surface area contributed by atoms with Crippen molar-refractivity contribution in [2.24, 2.45) is 0 Å². The number of anilines is 1. The van der Waals surface area contributed by atoms with Gasteiger partial charge in [0.2, 0.25) is 0 Å². The lowest BCUT2D eigenvalue weighted by atomic mass is 10.2. The molecule has 4 nitrogen and oxygen atoms in total. The van der Waals surface area contributed by atoms with E-state index < -0.39 is 38.4 Å². The molecule has 0 fully saturated rings. The monoisotopic (exact) mass is 444 g/mol. The Morgan fingerprint density at radius 3 is 2.28 bits per heavy atom. The highest BCUT2D eigenvalue weighted by Crippen LogP contribution is 2.35. The van der Waals surface area contributed by atoms with Crippen LogP contribution in [0.25, 0.3) is 0 Å². The van der Waals surface area contributed by atoms with Gasteiger partial charge in [0, 0.05) is 6.20 Å². The fourth-order valence-electron chi connectivity index (χ4n) is 2.55. The maximum atomic E-state index is 13.6. The summed E-state index contributed by atoms with van der Waals surface area (Å²) in [6.45, 7) is -0.266. The highest BCUT2D eigenvalue weighted by atomic mass is 35.5. The highest BCUT2D eigenvalue weighted by molar-refractivity contribution is 7.92. The average molecular weight is 445 g/mol. The van der Waals surface area contributed by atoms with Crippen molar-refractivity contribution in [3.8, 4) is 0 Å². The number of halogens is 5. The van der Waals surface area contributed by atoms with Crippen molar-refractivity contribution in [2.75, 3.05) is 4.31 Å². The number of rotatable bonds is 5. The minimum atomic E-state index is -4.69. The van der Waals surface area contributed by atoms with Crippen LogP contribution in [0.4, 0.5) is 23.4 Å². The highest BCUT2D eigenvalue weighted by Gasteiger charge is 2.34. The molecule has 0 N–H and O–H groups in total. The number of hydrogen-bond donors (Lipinski definition) is 0. The van der Waals surface area contributed by atoms with Crippen LogP contribution in [0.5, 0.6) is 0 Å². The van der Waals surface area contributed by atoms with Gasteiger partial charge >= 0.3 is 6.18 Å². The lowest BCUT2D eigenvalue weighted by molar-refractivity contribution is -0.137. The van der Waals surface area contributed by atoms with E-state index in [-0.39, 0.29) is 11.4 Å². The van der Waals surface area contributed by atoms with Gasteiger partial charge in [-0.2, -0.15) is 13.2 Å². The minimum absolute atomic E-state index is 0.266. The SMILES string of the molecule is O=S(=O)(c1cccc(F)c1)N(Cc1ccccc1)c1ncc(C(F)(F)F)cc1Cl. The summed E-state index contributed by atoms with van der Waals surface area (Å²) in [6, 6.07) is 13.2. The van der Waals surface area contributed by atoms with Crippen LogP contribution >= 0.6 is 11.6 Å². The largest absolute Gasteiger partial charge is 0.417 e. The van der Waals surface area contributed by atoms with Crippen LogP contribution in [0.1, 0.15) is 11.1 Å². The van der Waals surface area contributed by atoms with Gasteiger partial charge in [-0.3, -0.25) is 0 Å². The molecule has 1 aromatic heterocycles. The van der Waals surface area contributed by atoms with Crippen LogP contribution in [-0.2, 0) is 22.7 Å². The van der Waals surface area contributed by atoms with E-state index in [2.05, 4.69) is 4.98 Å². The zero-order chi connectivity index (χ0) is 21.2. The fourth-order valence-corrected chi connectivity index (χ4v) is 4.32. The molecule has 0 atom stereocenters. The summed E-state index contributed by atoms with van der Waals surface area (Å²) < 4.78 is 79.4. The number of pyridine rings is 1. The Labute approximate surface area is 169 Å². The molecule has 29 heavy (non-hydrogen) atoms. The number of nitrogens with zero attached hydrogens (tertiary/aromatic N) is 2. The first-order valence-corrected chi connectivity index (χ1v) is 9.96. The molecule has 10 heteroatoms. The van der Waals surface area contributed by atoms with E-state index >= 15 is 0 Å². The first kappa shape index (κ1) is 21.1. The fraction of sp³-hybridized carbons (Fsp3) is 0.105. The number of hydrogen-bond acceptors (Lipinski definition) is 3. The Morgan fingerprint density at radius 2 is 1.69 bits per heavy atom. The van der Waals surface area contributed by atoms with E-state index in [4.69, 9.17) is 11.6 Å². The van der Waals surface area contributed by atoms with E-state index in [9.17, 15) is 26.0 Å². The summed E-state index contributed by atoms with van der Waals surface area (Å²) in [7, 11) is -4.38. The van der Waals surface area contributed by atoms with E-state index in [1.54, 1.807) is 30.3 Å². The quantitative estimate of drug-likeness (QED) is 0.502.